The molecule has 0 aliphatic rings. The number of ether oxygens (including phenoxy) is 1. The Labute approximate surface area is 133 Å². The summed E-state index contributed by atoms with van der Waals surface area (Å²) in [5, 5.41) is 9.83. The van der Waals surface area contributed by atoms with E-state index < -0.39 is 0 Å². The van der Waals surface area contributed by atoms with Crippen molar-refractivity contribution in [2.45, 2.75) is 0 Å². The van der Waals surface area contributed by atoms with Gasteiger partial charge in [0.05, 0.1) is 11.6 Å². The second-order valence-electron chi connectivity index (χ2n) is 4.92. The van der Waals surface area contributed by atoms with E-state index in [0.29, 0.717) is 32.0 Å². The van der Waals surface area contributed by atoms with E-state index in [2.05, 4.69) is 9.97 Å². The maximum Gasteiger partial charge on any atom is 0.276 e. The number of aromatic hydroxyl groups is 1. The van der Waals surface area contributed by atoms with Crippen molar-refractivity contribution in [1.29, 1.82) is 0 Å². The normalized spacial score (nSPS) is 12.3. The maximum absolute atomic E-state index is 12.6. The van der Waals surface area contributed by atoms with Crippen molar-refractivity contribution in [1.82, 2.24) is 14.4 Å². The number of benzene rings is 1. The van der Waals surface area contributed by atoms with Gasteiger partial charge in [-0.1, -0.05) is 17.4 Å². The molecule has 3 aromatic heterocycles. The van der Waals surface area contributed by atoms with E-state index in [-0.39, 0.29) is 11.3 Å². The zero-order valence-electron chi connectivity index (χ0n) is 12.1. The lowest BCUT2D eigenvalue weighted by atomic mass is 10.2. The maximum atomic E-state index is 12.6. The molecule has 1 N–H and O–H groups in total. The van der Waals surface area contributed by atoms with Gasteiger partial charge in [0.15, 0.2) is 22.1 Å². The molecule has 0 bridgehead atoms. The van der Waals surface area contributed by atoms with Crippen LogP contribution in [0.2, 0.25) is 0 Å². The number of phenolic OH excluding ortho intramolecular Hbond substituents is 1. The zero-order valence-corrected chi connectivity index (χ0v) is 12.9. The van der Waals surface area contributed by atoms with Crippen molar-refractivity contribution in [3.8, 4) is 11.5 Å². The van der Waals surface area contributed by atoms with Gasteiger partial charge in [-0.15, -0.1) is 0 Å². The first-order valence-electron chi connectivity index (χ1n) is 6.82. The number of pyridine rings is 1. The summed E-state index contributed by atoms with van der Waals surface area (Å²) in [5.41, 5.74) is 1.80. The number of aromatic nitrogens is 3. The van der Waals surface area contributed by atoms with Crippen LogP contribution in [-0.4, -0.2) is 26.6 Å². The minimum Gasteiger partial charge on any atom is -0.504 e. The quantitative estimate of drug-likeness (QED) is 0.605. The Morgan fingerprint density at radius 1 is 1.35 bits per heavy atom. The highest BCUT2D eigenvalue weighted by atomic mass is 32.1. The fourth-order valence-electron chi connectivity index (χ4n) is 2.43. The van der Waals surface area contributed by atoms with Gasteiger partial charge in [0.25, 0.3) is 5.56 Å². The van der Waals surface area contributed by atoms with Crippen molar-refractivity contribution < 1.29 is 9.84 Å². The molecule has 1 aromatic carbocycles. The third-order valence-corrected chi connectivity index (χ3v) is 4.47. The van der Waals surface area contributed by atoms with Crippen LogP contribution in [0, 0.1) is 0 Å². The lowest BCUT2D eigenvalue weighted by molar-refractivity contribution is 0.373. The molecule has 0 fully saturated rings. The fraction of sp³-hybridized carbons (Fsp3) is 0.0625. The van der Waals surface area contributed by atoms with Crippen LogP contribution < -0.4 is 14.8 Å². The molecule has 114 valence electrons. The number of thiazole rings is 1. The third-order valence-electron chi connectivity index (χ3n) is 3.50. The van der Waals surface area contributed by atoms with Crippen molar-refractivity contribution in [3.05, 3.63) is 57.0 Å². The Hall–Kier alpha value is -2.93. The molecule has 0 aliphatic heterocycles. The number of phenols is 1. The lowest BCUT2D eigenvalue weighted by Crippen LogP contribution is -2.22. The van der Waals surface area contributed by atoms with Crippen molar-refractivity contribution in [2.75, 3.05) is 7.11 Å². The predicted octanol–water partition coefficient (Wildman–Crippen LogP) is 1.57. The molecule has 0 saturated carbocycles. The smallest absolute Gasteiger partial charge is 0.276 e. The average molecular weight is 325 g/mol. The molecule has 3 heterocycles. The lowest BCUT2D eigenvalue weighted by Gasteiger charge is -2.02. The summed E-state index contributed by atoms with van der Waals surface area (Å²) in [6.07, 6.45) is 3.36. The van der Waals surface area contributed by atoms with E-state index >= 15 is 0 Å². The zero-order chi connectivity index (χ0) is 16.0. The topological polar surface area (TPSA) is 76.7 Å². The number of imidazole rings is 1. The number of nitrogens with zero attached hydrogens (tertiary/aromatic N) is 3. The molecule has 0 aliphatic carbocycles. The first-order valence-corrected chi connectivity index (χ1v) is 7.64. The summed E-state index contributed by atoms with van der Waals surface area (Å²) in [6.45, 7) is 0. The minimum absolute atomic E-state index is 0.0298. The summed E-state index contributed by atoms with van der Waals surface area (Å²) in [4.78, 5) is 21.8. The molecular formula is C16H11N3O3S. The van der Waals surface area contributed by atoms with Gasteiger partial charge in [-0.3, -0.25) is 4.79 Å². The number of hydrogen-bond acceptors (Lipinski definition) is 6. The number of methoxy groups -OCH3 is 1. The van der Waals surface area contributed by atoms with Gasteiger partial charge >= 0.3 is 0 Å². The van der Waals surface area contributed by atoms with Crippen molar-refractivity contribution in [3.63, 3.8) is 0 Å². The van der Waals surface area contributed by atoms with Crippen LogP contribution in [0.3, 0.4) is 0 Å². The van der Waals surface area contributed by atoms with E-state index in [1.54, 1.807) is 36.5 Å². The summed E-state index contributed by atoms with van der Waals surface area (Å²) in [7, 11) is 1.49. The van der Waals surface area contributed by atoms with Crippen LogP contribution >= 0.6 is 11.3 Å². The van der Waals surface area contributed by atoms with Gasteiger partial charge in [0, 0.05) is 6.20 Å². The first-order chi connectivity index (χ1) is 11.2. The van der Waals surface area contributed by atoms with Crippen LogP contribution in [0.4, 0.5) is 0 Å². The number of rotatable bonds is 2. The van der Waals surface area contributed by atoms with Gasteiger partial charge < -0.3 is 9.84 Å². The molecule has 0 amide bonds. The van der Waals surface area contributed by atoms with Crippen molar-refractivity contribution in [2.24, 2.45) is 0 Å². The van der Waals surface area contributed by atoms with Crippen LogP contribution in [-0.2, 0) is 0 Å². The van der Waals surface area contributed by atoms with E-state index in [4.69, 9.17) is 4.74 Å². The Balaban J connectivity index is 1.94. The number of hydrogen-bond donors (Lipinski definition) is 1. The van der Waals surface area contributed by atoms with E-state index in [1.807, 2.05) is 6.07 Å². The first kappa shape index (κ1) is 13.7. The fourth-order valence-corrected chi connectivity index (χ4v) is 3.41. The van der Waals surface area contributed by atoms with E-state index in [0.717, 1.165) is 0 Å². The average Bonchev–Trinajstić information content (AvgIpc) is 3.05. The SMILES string of the molecule is COc1ccc(/C=c2\sc3nc4cccnc4n3c2=O)cc1O. The Morgan fingerprint density at radius 3 is 3.00 bits per heavy atom. The Bertz CT molecular complexity index is 1150. The number of fused-ring (bicyclic) bond motifs is 3. The highest BCUT2D eigenvalue weighted by Crippen LogP contribution is 2.26. The molecule has 0 unspecified atom stereocenters. The Morgan fingerprint density at radius 2 is 2.22 bits per heavy atom. The van der Waals surface area contributed by atoms with Gasteiger partial charge in [0.2, 0.25) is 0 Å². The monoisotopic (exact) mass is 325 g/mol. The highest BCUT2D eigenvalue weighted by molar-refractivity contribution is 7.15. The Kier molecular flexibility index (Phi) is 3.02. The summed E-state index contributed by atoms with van der Waals surface area (Å²) < 4.78 is 7.05. The molecule has 23 heavy (non-hydrogen) atoms. The van der Waals surface area contributed by atoms with Crippen LogP contribution in [0.1, 0.15) is 5.56 Å². The van der Waals surface area contributed by atoms with Crippen LogP contribution in [0.25, 0.3) is 22.2 Å². The second-order valence-corrected chi connectivity index (χ2v) is 5.93. The van der Waals surface area contributed by atoms with Gasteiger partial charge in [-0.25, -0.2) is 14.4 Å². The summed E-state index contributed by atoms with van der Waals surface area (Å²) in [5.74, 6) is 0.419. The second kappa shape index (κ2) is 5.06. The predicted molar refractivity (Wildman–Crippen MR) is 88.1 cm³/mol. The molecule has 0 radical (unpaired) electrons. The largest absolute Gasteiger partial charge is 0.504 e. The highest BCUT2D eigenvalue weighted by Gasteiger charge is 2.11. The molecule has 0 saturated heterocycles. The summed E-state index contributed by atoms with van der Waals surface area (Å²) >= 11 is 1.29. The van der Waals surface area contributed by atoms with Gasteiger partial charge in [0.1, 0.15) is 5.52 Å². The molecule has 4 aromatic rings. The molecule has 4 rings (SSSR count). The molecule has 0 atom stereocenters. The van der Waals surface area contributed by atoms with E-state index in [1.165, 1.54) is 22.8 Å². The standard InChI is InChI=1S/C16H11N3O3S/c1-22-12-5-4-9(7-11(12)20)8-13-15(21)19-14-10(3-2-6-17-14)18-16(19)23-13/h2-8,20H,1H3/b13-8-. The van der Waals surface area contributed by atoms with Gasteiger partial charge in [-0.2, -0.15) is 0 Å². The molecule has 7 heteroatoms. The summed E-state index contributed by atoms with van der Waals surface area (Å²) in [6, 6.07) is 8.60. The molecule has 6 nitrogen and oxygen atoms in total. The molecular weight excluding hydrogens is 314 g/mol. The third kappa shape index (κ3) is 2.13. The van der Waals surface area contributed by atoms with E-state index in [9.17, 15) is 9.90 Å². The van der Waals surface area contributed by atoms with Crippen molar-refractivity contribution >= 4 is 33.5 Å². The molecule has 0 spiro atoms. The minimum atomic E-state index is -0.165. The van der Waals surface area contributed by atoms with Crippen LogP contribution in [0.15, 0.2) is 41.3 Å². The van der Waals surface area contributed by atoms with Crippen LogP contribution in [0.5, 0.6) is 11.5 Å². The van der Waals surface area contributed by atoms with Gasteiger partial charge in [-0.05, 0) is 35.9 Å².